The van der Waals surface area contributed by atoms with Gasteiger partial charge in [0.25, 0.3) is 5.91 Å². The van der Waals surface area contributed by atoms with E-state index in [9.17, 15) is 9.59 Å². The normalized spacial score (nSPS) is 19.1. The first-order valence-electron chi connectivity index (χ1n) is 7.29. The van der Waals surface area contributed by atoms with Gasteiger partial charge in [-0.1, -0.05) is 11.6 Å². The number of aryl methyl sites for hydroxylation is 1. The van der Waals surface area contributed by atoms with Crippen LogP contribution in [0.3, 0.4) is 0 Å². The second kappa shape index (κ2) is 5.60. The first-order valence-corrected chi connectivity index (χ1v) is 7.29. The number of rotatable bonds is 2. The quantitative estimate of drug-likeness (QED) is 0.788. The lowest BCUT2D eigenvalue weighted by molar-refractivity contribution is -0.120. The Kier molecular flexibility index (Phi) is 3.64. The average molecular weight is 285 g/mol. The predicted molar refractivity (Wildman–Crippen MR) is 81.2 cm³/mol. The van der Waals surface area contributed by atoms with E-state index >= 15 is 0 Å². The summed E-state index contributed by atoms with van der Waals surface area (Å²) in [6.45, 7) is 2.65. The molecule has 2 aromatic rings. The van der Waals surface area contributed by atoms with E-state index in [-0.39, 0.29) is 17.9 Å². The van der Waals surface area contributed by atoms with Gasteiger partial charge in [0.1, 0.15) is 5.69 Å². The Morgan fingerprint density at radius 3 is 3.00 bits per heavy atom. The third-order valence-corrected chi connectivity index (χ3v) is 3.89. The molecule has 1 aliphatic rings. The molecule has 1 aromatic carbocycles. The Hall–Kier alpha value is -2.30. The number of aromatic nitrogens is 1. The summed E-state index contributed by atoms with van der Waals surface area (Å²) in [4.78, 5) is 26.8. The van der Waals surface area contributed by atoms with Crippen LogP contribution >= 0.6 is 0 Å². The summed E-state index contributed by atoms with van der Waals surface area (Å²) in [5, 5.41) is 6.87. The average Bonchev–Trinajstić information content (AvgIpc) is 2.77. The molecule has 1 aliphatic heterocycles. The summed E-state index contributed by atoms with van der Waals surface area (Å²) in [5.41, 5.74) is 2.70. The Morgan fingerprint density at radius 2 is 2.14 bits per heavy atom. The Labute approximate surface area is 123 Å². The monoisotopic (exact) mass is 285 g/mol. The highest BCUT2D eigenvalue weighted by Crippen LogP contribution is 2.17. The zero-order valence-corrected chi connectivity index (χ0v) is 12.0. The molecule has 5 nitrogen and oxygen atoms in total. The van der Waals surface area contributed by atoms with Crippen molar-refractivity contribution in [2.24, 2.45) is 0 Å². The minimum absolute atomic E-state index is 0.0459. The van der Waals surface area contributed by atoms with Gasteiger partial charge in [-0.05, 0) is 38.0 Å². The van der Waals surface area contributed by atoms with Gasteiger partial charge in [0, 0.05) is 29.9 Å². The number of H-pyrrole nitrogens is 1. The molecule has 0 saturated carbocycles. The van der Waals surface area contributed by atoms with Crippen LogP contribution in [0.15, 0.2) is 24.3 Å². The topological polar surface area (TPSA) is 74.0 Å². The molecular weight excluding hydrogens is 266 g/mol. The van der Waals surface area contributed by atoms with Crippen LogP contribution in [0, 0.1) is 6.92 Å². The minimum Gasteiger partial charge on any atom is -0.356 e. The molecule has 1 saturated heterocycles. The fourth-order valence-corrected chi connectivity index (χ4v) is 2.71. The minimum atomic E-state index is -0.108. The first kappa shape index (κ1) is 13.7. The van der Waals surface area contributed by atoms with Gasteiger partial charge >= 0.3 is 0 Å². The van der Waals surface area contributed by atoms with Crippen LogP contribution < -0.4 is 10.6 Å². The van der Waals surface area contributed by atoms with Gasteiger partial charge in [-0.15, -0.1) is 0 Å². The second-order valence-electron chi connectivity index (χ2n) is 5.62. The smallest absolute Gasteiger partial charge is 0.267 e. The van der Waals surface area contributed by atoms with Crippen LogP contribution in [0.4, 0.5) is 0 Å². The van der Waals surface area contributed by atoms with E-state index in [1.807, 2.05) is 25.1 Å². The SMILES string of the molecule is Cc1ccc2[nH]c(C(=O)NC3CCNC(=O)CC3)cc2c1. The summed E-state index contributed by atoms with van der Waals surface area (Å²) in [6.07, 6.45) is 1.94. The Bertz CT molecular complexity index is 690. The maximum atomic E-state index is 12.3. The molecule has 21 heavy (non-hydrogen) atoms. The summed E-state index contributed by atoms with van der Waals surface area (Å²) >= 11 is 0. The molecule has 1 fully saturated rings. The fraction of sp³-hybridized carbons (Fsp3) is 0.375. The van der Waals surface area contributed by atoms with Crippen molar-refractivity contribution < 1.29 is 9.59 Å². The van der Waals surface area contributed by atoms with Gasteiger partial charge in [0.05, 0.1) is 0 Å². The van der Waals surface area contributed by atoms with E-state index in [1.165, 1.54) is 5.56 Å². The summed E-state index contributed by atoms with van der Waals surface area (Å²) in [6, 6.07) is 7.97. The standard InChI is InChI=1S/C16H19N3O2/c1-10-2-4-13-11(8-10)9-14(19-13)16(21)18-12-3-5-15(20)17-7-6-12/h2,4,8-9,12,19H,3,5-7H2,1H3,(H,17,20)(H,18,21). The highest BCUT2D eigenvalue weighted by Gasteiger charge is 2.19. The molecule has 1 atom stereocenters. The molecule has 0 radical (unpaired) electrons. The van der Waals surface area contributed by atoms with Gasteiger partial charge in [-0.2, -0.15) is 0 Å². The lowest BCUT2D eigenvalue weighted by atomic mass is 10.1. The van der Waals surface area contributed by atoms with Gasteiger partial charge in [-0.25, -0.2) is 0 Å². The number of carbonyl (C=O) groups excluding carboxylic acids is 2. The van der Waals surface area contributed by atoms with Crippen LogP contribution in [-0.4, -0.2) is 29.4 Å². The van der Waals surface area contributed by atoms with Crippen molar-refractivity contribution in [1.29, 1.82) is 0 Å². The molecule has 1 aromatic heterocycles. The molecule has 5 heteroatoms. The molecule has 0 aliphatic carbocycles. The molecule has 2 heterocycles. The van der Waals surface area contributed by atoms with E-state index in [4.69, 9.17) is 0 Å². The third kappa shape index (κ3) is 3.07. The molecule has 2 amide bonds. The van der Waals surface area contributed by atoms with E-state index in [0.29, 0.717) is 25.1 Å². The van der Waals surface area contributed by atoms with Crippen molar-refractivity contribution >= 4 is 22.7 Å². The summed E-state index contributed by atoms with van der Waals surface area (Å²) < 4.78 is 0. The maximum Gasteiger partial charge on any atom is 0.267 e. The van der Waals surface area contributed by atoms with Crippen molar-refractivity contribution in [2.45, 2.75) is 32.2 Å². The van der Waals surface area contributed by atoms with Crippen molar-refractivity contribution in [2.75, 3.05) is 6.54 Å². The molecular formula is C16H19N3O2. The van der Waals surface area contributed by atoms with E-state index in [2.05, 4.69) is 21.7 Å². The first-order chi connectivity index (χ1) is 10.1. The van der Waals surface area contributed by atoms with Gasteiger partial charge in [0.2, 0.25) is 5.91 Å². The highest BCUT2D eigenvalue weighted by atomic mass is 16.2. The molecule has 0 spiro atoms. The van der Waals surface area contributed by atoms with Crippen molar-refractivity contribution in [1.82, 2.24) is 15.6 Å². The molecule has 3 N–H and O–H groups in total. The fourth-order valence-electron chi connectivity index (χ4n) is 2.71. The number of hydrogen-bond acceptors (Lipinski definition) is 2. The number of nitrogens with one attached hydrogen (secondary N) is 3. The molecule has 110 valence electrons. The summed E-state index contributed by atoms with van der Waals surface area (Å²) in [5.74, 6) is -0.0453. The number of carbonyl (C=O) groups is 2. The number of hydrogen-bond donors (Lipinski definition) is 3. The van der Waals surface area contributed by atoms with Gasteiger partial charge in [-0.3, -0.25) is 9.59 Å². The second-order valence-corrected chi connectivity index (χ2v) is 5.62. The van der Waals surface area contributed by atoms with Gasteiger partial charge in [0.15, 0.2) is 0 Å². The number of amides is 2. The van der Waals surface area contributed by atoms with Crippen LogP contribution in [0.2, 0.25) is 0 Å². The summed E-state index contributed by atoms with van der Waals surface area (Å²) in [7, 11) is 0. The number of benzene rings is 1. The highest BCUT2D eigenvalue weighted by molar-refractivity contribution is 5.98. The van der Waals surface area contributed by atoms with Crippen LogP contribution in [0.1, 0.15) is 35.3 Å². The molecule has 1 unspecified atom stereocenters. The zero-order valence-electron chi connectivity index (χ0n) is 12.0. The Morgan fingerprint density at radius 1 is 1.29 bits per heavy atom. The van der Waals surface area contributed by atoms with E-state index < -0.39 is 0 Å². The van der Waals surface area contributed by atoms with Crippen molar-refractivity contribution in [3.8, 4) is 0 Å². The van der Waals surface area contributed by atoms with Crippen LogP contribution in [0.5, 0.6) is 0 Å². The lowest BCUT2D eigenvalue weighted by Gasteiger charge is -2.14. The zero-order chi connectivity index (χ0) is 14.8. The van der Waals surface area contributed by atoms with Gasteiger partial charge < -0.3 is 15.6 Å². The maximum absolute atomic E-state index is 12.3. The third-order valence-electron chi connectivity index (χ3n) is 3.89. The molecule has 3 rings (SSSR count). The Balaban J connectivity index is 1.72. The predicted octanol–water partition coefficient (Wildman–Crippen LogP) is 1.87. The molecule has 0 bridgehead atoms. The van der Waals surface area contributed by atoms with Crippen molar-refractivity contribution in [3.05, 3.63) is 35.5 Å². The van der Waals surface area contributed by atoms with E-state index in [0.717, 1.165) is 17.3 Å². The largest absolute Gasteiger partial charge is 0.356 e. The van der Waals surface area contributed by atoms with Crippen LogP contribution in [-0.2, 0) is 4.79 Å². The number of fused-ring (bicyclic) bond motifs is 1. The van der Waals surface area contributed by atoms with Crippen LogP contribution in [0.25, 0.3) is 10.9 Å². The van der Waals surface area contributed by atoms with Crippen molar-refractivity contribution in [3.63, 3.8) is 0 Å². The number of aromatic amines is 1. The lowest BCUT2D eigenvalue weighted by Crippen LogP contribution is -2.35. The van der Waals surface area contributed by atoms with E-state index in [1.54, 1.807) is 0 Å².